The Morgan fingerprint density at radius 3 is 2.72 bits per heavy atom. The summed E-state index contributed by atoms with van der Waals surface area (Å²) >= 11 is 0. The van der Waals surface area contributed by atoms with E-state index < -0.39 is 11.4 Å². The summed E-state index contributed by atoms with van der Waals surface area (Å²) in [6.07, 6.45) is 3.43. The average Bonchev–Trinajstić information content (AvgIpc) is 3.16. The van der Waals surface area contributed by atoms with Crippen LogP contribution in [-0.4, -0.2) is 64.1 Å². The van der Waals surface area contributed by atoms with Gasteiger partial charge in [-0.15, -0.1) is 0 Å². The molecule has 0 spiro atoms. The van der Waals surface area contributed by atoms with Gasteiger partial charge in [0.25, 0.3) is 0 Å². The van der Waals surface area contributed by atoms with Gasteiger partial charge in [-0.05, 0) is 20.3 Å². The third kappa shape index (κ3) is 3.55. The number of carbonyl (C=O) groups is 1. The number of carboxylic acids is 1. The van der Waals surface area contributed by atoms with Gasteiger partial charge in [0.2, 0.25) is 5.95 Å². The van der Waals surface area contributed by atoms with Crippen molar-refractivity contribution in [1.82, 2.24) is 20.2 Å². The molecule has 0 unspecified atom stereocenters. The molecule has 1 saturated heterocycles. The van der Waals surface area contributed by atoms with Gasteiger partial charge in [-0.2, -0.15) is 10.1 Å². The lowest BCUT2D eigenvalue weighted by Gasteiger charge is -2.34. The summed E-state index contributed by atoms with van der Waals surface area (Å²) in [5, 5.41) is 17.3. The van der Waals surface area contributed by atoms with Gasteiger partial charge in [0.15, 0.2) is 0 Å². The van der Waals surface area contributed by atoms with Gasteiger partial charge < -0.3 is 19.6 Å². The fraction of sp³-hybridized carbons (Fsp3) is 0.600. The van der Waals surface area contributed by atoms with Crippen LogP contribution in [0.15, 0.2) is 6.20 Å². The van der Waals surface area contributed by atoms with Crippen LogP contribution in [0, 0.1) is 0 Å². The molecule has 9 nitrogen and oxygen atoms in total. The van der Waals surface area contributed by atoms with Crippen molar-refractivity contribution in [3.63, 3.8) is 0 Å². The molecule has 29 heavy (non-hydrogen) atoms. The lowest BCUT2D eigenvalue weighted by atomic mass is 9.85. The van der Waals surface area contributed by atoms with E-state index in [1.54, 1.807) is 20.0 Å². The van der Waals surface area contributed by atoms with Crippen molar-refractivity contribution >= 4 is 17.7 Å². The maximum absolute atomic E-state index is 11.9. The van der Waals surface area contributed by atoms with Gasteiger partial charge in [-0.25, -0.2) is 4.98 Å². The highest BCUT2D eigenvalue weighted by Crippen LogP contribution is 2.33. The predicted octanol–water partition coefficient (Wildman–Crippen LogP) is 1.52. The SMILES string of the molecule is CCc1n[nH]c2c1CN(c1ncc(C(C)(C)C(=O)O)c(N3CCOCC3)n1)CC2. The molecule has 2 aromatic rings. The number of aryl methyl sites for hydroxylation is 1. The number of fused-ring (bicyclic) bond motifs is 1. The number of morpholine rings is 1. The van der Waals surface area contributed by atoms with Crippen molar-refractivity contribution in [3.05, 3.63) is 28.7 Å². The van der Waals surface area contributed by atoms with Crippen molar-refractivity contribution in [1.29, 1.82) is 0 Å². The zero-order chi connectivity index (χ0) is 20.6. The fourth-order valence-corrected chi connectivity index (χ4v) is 3.91. The molecule has 0 amide bonds. The van der Waals surface area contributed by atoms with E-state index in [1.807, 2.05) is 0 Å². The standard InChI is InChI=1S/C20H28N6O3/c1-4-15-13-12-26(6-5-16(13)24-23-15)19-21-11-14(20(2,3)18(27)28)17(22-19)25-7-9-29-10-8-25/h11H,4-10,12H2,1-3H3,(H,23,24)(H,27,28). The highest BCUT2D eigenvalue weighted by atomic mass is 16.5. The zero-order valence-electron chi connectivity index (χ0n) is 17.2. The normalized spacial score (nSPS) is 17.3. The summed E-state index contributed by atoms with van der Waals surface area (Å²) in [5.74, 6) is 0.432. The first-order chi connectivity index (χ1) is 13.9. The molecule has 4 rings (SSSR count). The highest BCUT2D eigenvalue weighted by molar-refractivity contribution is 5.82. The van der Waals surface area contributed by atoms with Crippen LogP contribution in [0.2, 0.25) is 0 Å². The van der Waals surface area contributed by atoms with Gasteiger partial charge >= 0.3 is 5.97 Å². The lowest BCUT2D eigenvalue weighted by Crippen LogP contribution is -2.40. The minimum atomic E-state index is -1.08. The Labute approximate surface area is 170 Å². The Morgan fingerprint density at radius 2 is 2.03 bits per heavy atom. The van der Waals surface area contributed by atoms with Crippen LogP contribution in [0.25, 0.3) is 0 Å². The van der Waals surface area contributed by atoms with Gasteiger partial charge in [0, 0.05) is 55.6 Å². The number of hydrogen-bond acceptors (Lipinski definition) is 7. The largest absolute Gasteiger partial charge is 0.481 e. The molecule has 2 aliphatic rings. The molecule has 4 heterocycles. The minimum absolute atomic E-state index is 0.605. The summed E-state index contributed by atoms with van der Waals surface area (Å²) in [6.45, 7) is 9.58. The molecular formula is C20H28N6O3. The molecule has 0 aromatic carbocycles. The molecule has 2 aromatic heterocycles. The quantitative estimate of drug-likeness (QED) is 0.778. The number of anilines is 2. The molecule has 0 radical (unpaired) electrons. The number of hydrogen-bond donors (Lipinski definition) is 2. The van der Waals surface area contributed by atoms with E-state index in [1.165, 1.54) is 11.3 Å². The molecule has 2 N–H and O–H groups in total. The first-order valence-corrected chi connectivity index (χ1v) is 10.1. The molecule has 156 valence electrons. The highest BCUT2D eigenvalue weighted by Gasteiger charge is 2.36. The molecule has 2 aliphatic heterocycles. The summed E-state index contributed by atoms with van der Waals surface area (Å²) < 4.78 is 5.47. The number of nitrogens with zero attached hydrogens (tertiary/aromatic N) is 5. The molecule has 0 bridgehead atoms. The Hall–Kier alpha value is -2.68. The summed E-state index contributed by atoms with van der Waals surface area (Å²) in [7, 11) is 0. The van der Waals surface area contributed by atoms with Crippen LogP contribution in [-0.2, 0) is 34.3 Å². The Bertz CT molecular complexity index is 890. The second-order valence-electron chi connectivity index (χ2n) is 8.09. The van der Waals surface area contributed by atoms with Crippen molar-refractivity contribution < 1.29 is 14.6 Å². The van der Waals surface area contributed by atoms with Gasteiger partial charge in [0.1, 0.15) is 5.82 Å². The van der Waals surface area contributed by atoms with E-state index in [0.717, 1.165) is 25.1 Å². The fourth-order valence-electron chi connectivity index (χ4n) is 3.91. The minimum Gasteiger partial charge on any atom is -0.481 e. The first kappa shape index (κ1) is 19.6. The van der Waals surface area contributed by atoms with E-state index >= 15 is 0 Å². The molecule has 0 saturated carbocycles. The number of carboxylic acid groups (broad SMARTS) is 1. The second kappa shape index (κ2) is 7.62. The van der Waals surface area contributed by atoms with Crippen molar-refractivity contribution in [2.45, 2.75) is 45.6 Å². The van der Waals surface area contributed by atoms with E-state index in [2.05, 4.69) is 31.9 Å². The Kier molecular flexibility index (Phi) is 5.16. The number of rotatable bonds is 5. The maximum atomic E-state index is 11.9. The van der Waals surface area contributed by atoms with E-state index in [4.69, 9.17) is 9.72 Å². The zero-order valence-corrected chi connectivity index (χ0v) is 17.2. The third-order valence-corrected chi connectivity index (χ3v) is 5.91. The van der Waals surface area contributed by atoms with Crippen molar-refractivity contribution in [2.75, 3.05) is 42.6 Å². The van der Waals surface area contributed by atoms with Crippen LogP contribution in [0.3, 0.4) is 0 Å². The van der Waals surface area contributed by atoms with Crippen molar-refractivity contribution in [3.8, 4) is 0 Å². The molecule has 9 heteroatoms. The Balaban J connectivity index is 1.71. The van der Waals surface area contributed by atoms with Crippen LogP contribution in [0.1, 0.15) is 43.3 Å². The van der Waals surface area contributed by atoms with Crippen LogP contribution in [0.5, 0.6) is 0 Å². The third-order valence-electron chi connectivity index (χ3n) is 5.91. The summed E-state index contributed by atoms with van der Waals surface area (Å²) in [6, 6.07) is 0. The summed E-state index contributed by atoms with van der Waals surface area (Å²) in [5.41, 5.74) is 3.05. The smallest absolute Gasteiger partial charge is 0.313 e. The van der Waals surface area contributed by atoms with Gasteiger partial charge in [-0.1, -0.05) is 6.92 Å². The number of aliphatic carboxylic acids is 1. The molecule has 1 fully saturated rings. The van der Waals surface area contributed by atoms with E-state index in [-0.39, 0.29) is 0 Å². The van der Waals surface area contributed by atoms with E-state index in [9.17, 15) is 9.90 Å². The van der Waals surface area contributed by atoms with Crippen LogP contribution >= 0.6 is 0 Å². The Morgan fingerprint density at radius 1 is 1.28 bits per heavy atom. The van der Waals surface area contributed by atoms with Crippen molar-refractivity contribution in [2.24, 2.45) is 0 Å². The number of nitrogens with one attached hydrogen (secondary N) is 1. The topological polar surface area (TPSA) is 107 Å². The number of H-pyrrole nitrogens is 1. The van der Waals surface area contributed by atoms with Crippen LogP contribution < -0.4 is 9.80 Å². The average molecular weight is 400 g/mol. The monoisotopic (exact) mass is 400 g/mol. The van der Waals surface area contributed by atoms with E-state index in [0.29, 0.717) is 50.2 Å². The maximum Gasteiger partial charge on any atom is 0.313 e. The number of aromatic amines is 1. The molecule has 0 atom stereocenters. The number of ether oxygens (including phenoxy) is 1. The van der Waals surface area contributed by atoms with Gasteiger partial charge in [0.05, 0.1) is 24.3 Å². The van der Waals surface area contributed by atoms with Gasteiger partial charge in [-0.3, -0.25) is 9.89 Å². The molecular weight excluding hydrogens is 372 g/mol. The number of aromatic nitrogens is 4. The second-order valence-corrected chi connectivity index (χ2v) is 8.09. The summed E-state index contributed by atoms with van der Waals surface area (Å²) in [4.78, 5) is 25.6. The lowest BCUT2D eigenvalue weighted by molar-refractivity contribution is -0.142. The molecule has 0 aliphatic carbocycles. The predicted molar refractivity (Wildman–Crippen MR) is 108 cm³/mol. The first-order valence-electron chi connectivity index (χ1n) is 10.1. The van der Waals surface area contributed by atoms with Crippen LogP contribution in [0.4, 0.5) is 11.8 Å².